The van der Waals surface area contributed by atoms with Crippen LogP contribution in [0.1, 0.15) is 37.7 Å². The van der Waals surface area contributed by atoms with E-state index in [1.807, 2.05) is 0 Å². The number of rotatable bonds is 3. The summed E-state index contributed by atoms with van der Waals surface area (Å²) >= 11 is 0. The highest BCUT2D eigenvalue weighted by Gasteiger charge is 2.41. The minimum Gasteiger partial charge on any atom is -0.496 e. The summed E-state index contributed by atoms with van der Waals surface area (Å²) in [7, 11) is 1.80. The predicted octanol–water partition coefficient (Wildman–Crippen LogP) is 2.76. The molecule has 0 amide bonds. The third kappa shape index (κ3) is 2.45. The second-order valence-corrected chi connectivity index (χ2v) is 6.03. The molecule has 0 aromatic heterocycles. The first-order chi connectivity index (χ1) is 9.87. The number of methoxy groups -OCH3 is 1. The van der Waals surface area contributed by atoms with E-state index in [4.69, 9.17) is 4.74 Å². The van der Waals surface area contributed by atoms with Gasteiger partial charge in [-0.1, -0.05) is 37.5 Å². The minimum absolute atomic E-state index is 0.201. The van der Waals surface area contributed by atoms with Crippen LogP contribution in [0, 0.1) is 0 Å². The van der Waals surface area contributed by atoms with Crippen molar-refractivity contribution in [3.8, 4) is 5.75 Å². The molecule has 1 aromatic carbocycles. The molecule has 0 spiro atoms. The first-order valence-electron chi connectivity index (χ1n) is 7.96. The number of ether oxygens (including phenoxy) is 1. The predicted molar refractivity (Wildman–Crippen MR) is 82.2 cm³/mol. The molecule has 0 unspecified atom stereocenters. The van der Waals surface area contributed by atoms with E-state index in [-0.39, 0.29) is 5.54 Å². The minimum atomic E-state index is 0.201. The molecule has 3 rings (SSSR count). The van der Waals surface area contributed by atoms with Crippen molar-refractivity contribution in [2.75, 3.05) is 33.3 Å². The zero-order valence-electron chi connectivity index (χ0n) is 12.5. The third-order valence-corrected chi connectivity index (χ3v) is 5.01. The summed E-state index contributed by atoms with van der Waals surface area (Å²) in [4.78, 5) is 2.71. The summed E-state index contributed by atoms with van der Waals surface area (Å²) in [5.74, 6) is 1.06. The molecular weight excluding hydrogens is 248 g/mol. The molecule has 1 aromatic rings. The number of benzene rings is 1. The fourth-order valence-electron chi connectivity index (χ4n) is 4.01. The van der Waals surface area contributed by atoms with Crippen LogP contribution in [-0.4, -0.2) is 38.2 Å². The van der Waals surface area contributed by atoms with Gasteiger partial charge in [-0.15, -0.1) is 0 Å². The quantitative estimate of drug-likeness (QED) is 0.917. The van der Waals surface area contributed by atoms with Crippen molar-refractivity contribution < 1.29 is 4.74 Å². The van der Waals surface area contributed by atoms with Crippen LogP contribution in [0.2, 0.25) is 0 Å². The van der Waals surface area contributed by atoms with Crippen molar-refractivity contribution in [3.63, 3.8) is 0 Å². The Kier molecular flexibility index (Phi) is 4.27. The SMILES string of the molecule is COc1ccccc1C1(N2CCNCC2)CCCCC1. The number of nitrogens with one attached hydrogen (secondary N) is 1. The molecule has 20 heavy (non-hydrogen) atoms. The average Bonchev–Trinajstić information content (AvgIpc) is 2.56. The molecule has 0 atom stereocenters. The molecule has 0 bridgehead atoms. The van der Waals surface area contributed by atoms with E-state index in [2.05, 4.69) is 34.5 Å². The summed E-state index contributed by atoms with van der Waals surface area (Å²) < 4.78 is 5.67. The van der Waals surface area contributed by atoms with Gasteiger partial charge in [-0.3, -0.25) is 4.90 Å². The molecule has 1 N–H and O–H groups in total. The van der Waals surface area contributed by atoms with Crippen LogP contribution in [0.5, 0.6) is 5.75 Å². The zero-order valence-corrected chi connectivity index (χ0v) is 12.5. The van der Waals surface area contributed by atoms with E-state index in [9.17, 15) is 0 Å². The molecule has 2 fully saturated rings. The molecule has 1 saturated heterocycles. The zero-order chi connectivity index (χ0) is 13.8. The highest BCUT2D eigenvalue weighted by molar-refractivity contribution is 5.39. The molecule has 3 nitrogen and oxygen atoms in total. The van der Waals surface area contributed by atoms with E-state index in [0.717, 1.165) is 31.9 Å². The number of hydrogen-bond acceptors (Lipinski definition) is 3. The van der Waals surface area contributed by atoms with Gasteiger partial charge in [-0.25, -0.2) is 0 Å². The number of para-hydroxylation sites is 1. The van der Waals surface area contributed by atoms with Crippen molar-refractivity contribution in [1.82, 2.24) is 10.2 Å². The maximum atomic E-state index is 5.67. The van der Waals surface area contributed by atoms with Gasteiger partial charge in [0.25, 0.3) is 0 Å². The summed E-state index contributed by atoms with van der Waals surface area (Å²) in [6, 6.07) is 8.65. The lowest BCUT2D eigenvalue weighted by atomic mass is 9.74. The normalized spacial score (nSPS) is 23.4. The summed E-state index contributed by atoms with van der Waals surface area (Å²) in [6.07, 6.45) is 6.59. The van der Waals surface area contributed by atoms with Crippen LogP contribution in [0.3, 0.4) is 0 Å². The Morgan fingerprint density at radius 1 is 1.05 bits per heavy atom. The van der Waals surface area contributed by atoms with Gasteiger partial charge in [-0.2, -0.15) is 0 Å². The highest BCUT2D eigenvalue weighted by atomic mass is 16.5. The number of nitrogens with zero attached hydrogens (tertiary/aromatic N) is 1. The molecular formula is C17H26N2O. The van der Waals surface area contributed by atoms with Gasteiger partial charge in [0.1, 0.15) is 5.75 Å². The van der Waals surface area contributed by atoms with Crippen molar-refractivity contribution >= 4 is 0 Å². The van der Waals surface area contributed by atoms with Crippen molar-refractivity contribution in [3.05, 3.63) is 29.8 Å². The van der Waals surface area contributed by atoms with E-state index < -0.39 is 0 Å². The Hall–Kier alpha value is -1.06. The third-order valence-electron chi connectivity index (χ3n) is 5.01. The standard InChI is InChI=1S/C17H26N2O/c1-20-16-8-4-3-7-15(16)17(9-5-2-6-10-17)19-13-11-18-12-14-19/h3-4,7-8,18H,2,5-6,9-14H2,1H3. The van der Waals surface area contributed by atoms with Crippen molar-refractivity contribution in [2.24, 2.45) is 0 Å². The van der Waals surface area contributed by atoms with E-state index in [1.54, 1.807) is 7.11 Å². The van der Waals surface area contributed by atoms with E-state index in [0.29, 0.717) is 0 Å². The second kappa shape index (κ2) is 6.15. The molecule has 3 heteroatoms. The first kappa shape index (κ1) is 13.9. The molecule has 1 aliphatic heterocycles. The van der Waals surface area contributed by atoms with E-state index >= 15 is 0 Å². The van der Waals surface area contributed by atoms with Gasteiger partial charge in [0.05, 0.1) is 7.11 Å². The topological polar surface area (TPSA) is 24.5 Å². The summed E-state index contributed by atoms with van der Waals surface area (Å²) in [6.45, 7) is 4.52. The van der Waals surface area contributed by atoms with Gasteiger partial charge in [0.2, 0.25) is 0 Å². The van der Waals surface area contributed by atoms with Crippen LogP contribution in [0.15, 0.2) is 24.3 Å². The molecule has 1 aliphatic carbocycles. The van der Waals surface area contributed by atoms with Crippen molar-refractivity contribution in [2.45, 2.75) is 37.6 Å². The highest BCUT2D eigenvalue weighted by Crippen LogP contribution is 2.45. The van der Waals surface area contributed by atoms with E-state index in [1.165, 1.54) is 37.7 Å². The maximum Gasteiger partial charge on any atom is 0.123 e. The fraction of sp³-hybridized carbons (Fsp3) is 0.647. The smallest absolute Gasteiger partial charge is 0.123 e. The fourth-order valence-corrected chi connectivity index (χ4v) is 4.01. The van der Waals surface area contributed by atoms with Gasteiger partial charge in [-0.05, 0) is 18.9 Å². The average molecular weight is 274 g/mol. The van der Waals surface area contributed by atoms with Crippen LogP contribution in [0.4, 0.5) is 0 Å². The lowest BCUT2D eigenvalue weighted by Gasteiger charge is -2.49. The van der Waals surface area contributed by atoms with Crippen LogP contribution < -0.4 is 10.1 Å². The lowest BCUT2D eigenvalue weighted by Crippen LogP contribution is -2.55. The number of piperazine rings is 1. The number of hydrogen-bond donors (Lipinski definition) is 1. The van der Waals surface area contributed by atoms with Gasteiger partial charge >= 0.3 is 0 Å². The molecule has 2 aliphatic rings. The first-order valence-corrected chi connectivity index (χ1v) is 7.96. The van der Waals surface area contributed by atoms with Crippen molar-refractivity contribution in [1.29, 1.82) is 0 Å². The molecule has 1 heterocycles. The molecule has 1 saturated carbocycles. The Morgan fingerprint density at radius 2 is 1.75 bits per heavy atom. The molecule has 110 valence electrons. The van der Waals surface area contributed by atoms with Gasteiger partial charge < -0.3 is 10.1 Å². The second-order valence-electron chi connectivity index (χ2n) is 6.03. The lowest BCUT2D eigenvalue weighted by molar-refractivity contribution is 0.0342. The Morgan fingerprint density at radius 3 is 2.45 bits per heavy atom. The van der Waals surface area contributed by atoms with Crippen LogP contribution in [-0.2, 0) is 5.54 Å². The Labute approximate surface area is 122 Å². The summed E-state index contributed by atoms with van der Waals surface area (Å²) in [5.41, 5.74) is 1.61. The maximum absolute atomic E-state index is 5.67. The van der Waals surface area contributed by atoms with Gasteiger partial charge in [0, 0.05) is 37.3 Å². The van der Waals surface area contributed by atoms with Crippen LogP contribution in [0.25, 0.3) is 0 Å². The van der Waals surface area contributed by atoms with Crippen LogP contribution >= 0.6 is 0 Å². The molecule has 0 radical (unpaired) electrons. The largest absolute Gasteiger partial charge is 0.496 e. The summed E-state index contributed by atoms with van der Waals surface area (Å²) in [5, 5.41) is 3.48. The Bertz CT molecular complexity index is 434. The monoisotopic (exact) mass is 274 g/mol. The Balaban J connectivity index is 1.99. The van der Waals surface area contributed by atoms with Gasteiger partial charge in [0.15, 0.2) is 0 Å².